The molecular weight excluding hydrogens is 390 g/mol. The summed E-state index contributed by atoms with van der Waals surface area (Å²) < 4.78 is 27.8. The third-order valence-corrected chi connectivity index (χ3v) is 6.13. The normalized spacial score (nSPS) is 23.9. The smallest absolute Gasteiger partial charge is 0.287 e. The summed E-state index contributed by atoms with van der Waals surface area (Å²) in [5.74, 6) is 1.33. The molecule has 28 heavy (non-hydrogen) atoms. The summed E-state index contributed by atoms with van der Waals surface area (Å²) in [5, 5.41) is 4.22. The summed E-state index contributed by atoms with van der Waals surface area (Å²) in [6.45, 7) is 1.27. The van der Waals surface area contributed by atoms with Gasteiger partial charge in [-0.25, -0.2) is 23.4 Å². The van der Waals surface area contributed by atoms with Crippen LogP contribution in [0.2, 0.25) is 5.02 Å². The topological polar surface area (TPSA) is 67.2 Å². The van der Waals surface area contributed by atoms with Crippen LogP contribution in [0.3, 0.4) is 0 Å². The first kappa shape index (κ1) is 17.8. The van der Waals surface area contributed by atoms with Gasteiger partial charge in [0.1, 0.15) is 22.4 Å². The van der Waals surface area contributed by atoms with Gasteiger partial charge in [-0.3, -0.25) is 4.79 Å². The van der Waals surface area contributed by atoms with Gasteiger partial charge in [-0.2, -0.15) is 5.10 Å². The molecule has 3 saturated heterocycles. The van der Waals surface area contributed by atoms with Crippen LogP contribution in [0.5, 0.6) is 0 Å². The van der Waals surface area contributed by atoms with Crippen molar-refractivity contribution in [1.82, 2.24) is 19.7 Å². The van der Waals surface area contributed by atoms with Gasteiger partial charge in [-0.15, -0.1) is 0 Å². The summed E-state index contributed by atoms with van der Waals surface area (Å²) >= 11 is 6.23. The van der Waals surface area contributed by atoms with E-state index in [0.29, 0.717) is 30.4 Å². The summed E-state index contributed by atoms with van der Waals surface area (Å²) in [7, 11) is 1.56. The molecule has 10 heteroatoms. The number of rotatable bonds is 4. The predicted octanol–water partition coefficient (Wildman–Crippen LogP) is 2.51. The number of anilines is 2. The van der Waals surface area contributed by atoms with E-state index in [-0.39, 0.29) is 34.3 Å². The molecule has 1 aliphatic carbocycles. The molecule has 2 unspecified atom stereocenters. The molecule has 0 spiro atoms. The lowest BCUT2D eigenvalue weighted by molar-refractivity contribution is 0.145. The van der Waals surface area contributed by atoms with Gasteiger partial charge in [0.25, 0.3) is 12.0 Å². The van der Waals surface area contributed by atoms with Gasteiger partial charge in [-0.05, 0) is 19.3 Å². The van der Waals surface area contributed by atoms with Crippen molar-refractivity contribution in [3.63, 3.8) is 0 Å². The summed E-state index contributed by atoms with van der Waals surface area (Å²) in [4.78, 5) is 24.9. The molecule has 1 saturated carbocycles. The van der Waals surface area contributed by atoms with Crippen molar-refractivity contribution >= 4 is 23.1 Å². The van der Waals surface area contributed by atoms with Crippen LogP contribution in [0.4, 0.5) is 20.3 Å². The largest absolute Gasteiger partial charge is 0.365 e. The Morgan fingerprint density at radius 2 is 1.93 bits per heavy atom. The number of hydrogen-bond acceptors (Lipinski definition) is 6. The molecule has 4 fully saturated rings. The Morgan fingerprint density at radius 1 is 1.21 bits per heavy atom. The Kier molecular flexibility index (Phi) is 4.04. The number of aromatic nitrogens is 4. The molecule has 2 bridgehead atoms. The van der Waals surface area contributed by atoms with Gasteiger partial charge in [0.15, 0.2) is 0 Å². The quantitative estimate of drug-likeness (QED) is 0.774. The highest BCUT2D eigenvalue weighted by Crippen LogP contribution is 2.42. The first-order valence-electron chi connectivity index (χ1n) is 9.34. The standard InChI is InChI=1S/C18H19ClF2N6O/c1-25-18(28)15(19)13(6-22-25)26-7-10-4-11(8-26)27(10)14-5-12(16(20)21)23-17(24-14)9-2-3-9/h5-6,9-11,16H,2-4,7-8H2,1H3. The third-order valence-electron chi connectivity index (χ3n) is 5.77. The van der Waals surface area contributed by atoms with Crippen molar-refractivity contribution in [2.24, 2.45) is 7.05 Å². The van der Waals surface area contributed by atoms with Gasteiger partial charge in [0.2, 0.25) is 0 Å². The van der Waals surface area contributed by atoms with Crippen LogP contribution in [0, 0.1) is 0 Å². The van der Waals surface area contributed by atoms with E-state index in [1.54, 1.807) is 13.2 Å². The van der Waals surface area contributed by atoms with E-state index in [1.165, 1.54) is 10.7 Å². The van der Waals surface area contributed by atoms with Crippen LogP contribution in [-0.2, 0) is 7.05 Å². The molecule has 2 aromatic rings. The van der Waals surface area contributed by atoms with Crippen LogP contribution in [0.25, 0.3) is 0 Å². The van der Waals surface area contributed by atoms with E-state index < -0.39 is 6.43 Å². The molecule has 7 nitrogen and oxygen atoms in total. The first-order chi connectivity index (χ1) is 13.4. The first-order valence-corrected chi connectivity index (χ1v) is 9.72. The number of nitrogens with zero attached hydrogens (tertiary/aromatic N) is 6. The fourth-order valence-corrected chi connectivity index (χ4v) is 4.43. The lowest BCUT2D eigenvalue weighted by atomic mass is 9.87. The number of aryl methyl sites for hydroxylation is 1. The van der Waals surface area contributed by atoms with Crippen molar-refractivity contribution in [3.8, 4) is 0 Å². The summed E-state index contributed by atoms with van der Waals surface area (Å²) in [6.07, 6.45) is 1.87. The average Bonchev–Trinajstić information content (AvgIpc) is 3.51. The SMILES string of the molecule is Cn1ncc(N2CC3CC(C2)N3c2cc(C(F)F)nc(C3CC3)n2)c(Cl)c1=O. The van der Waals surface area contributed by atoms with Crippen LogP contribution in [0.15, 0.2) is 17.1 Å². The number of piperazine rings is 1. The number of alkyl halides is 2. The second-order valence-corrected chi connectivity index (χ2v) is 8.09. The molecule has 6 rings (SSSR count). The zero-order valence-electron chi connectivity index (χ0n) is 15.2. The molecule has 148 valence electrons. The number of hydrogen-bond donors (Lipinski definition) is 0. The molecule has 0 radical (unpaired) electrons. The van der Waals surface area contributed by atoms with Crippen molar-refractivity contribution in [2.45, 2.75) is 43.7 Å². The summed E-state index contributed by atoms with van der Waals surface area (Å²) in [5.41, 5.74) is 0.0861. The molecule has 2 aromatic heterocycles. The fraction of sp³-hybridized carbons (Fsp3) is 0.556. The molecule has 0 amide bonds. The second-order valence-electron chi connectivity index (χ2n) is 7.71. The van der Waals surface area contributed by atoms with Gasteiger partial charge in [-0.1, -0.05) is 11.6 Å². The van der Waals surface area contributed by atoms with Crippen LogP contribution >= 0.6 is 11.6 Å². The molecule has 3 aliphatic heterocycles. The number of fused-ring (bicyclic) bond motifs is 2. The lowest BCUT2D eigenvalue weighted by Gasteiger charge is -2.57. The number of piperidine rings is 1. The van der Waals surface area contributed by atoms with E-state index in [2.05, 4.69) is 20.0 Å². The van der Waals surface area contributed by atoms with E-state index in [9.17, 15) is 13.6 Å². The van der Waals surface area contributed by atoms with Gasteiger partial charge >= 0.3 is 0 Å². The summed E-state index contributed by atoms with van der Waals surface area (Å²) in [6, 6.07) is 1.68. The van der Waals surface area contributed by atoms with Gasteiger partial charge in [0, 0.05) is 32.1 Å². The van der Waals surface area contributed by atoms with Crippen LogP contribution in [0.1, 0.15) is 43.1 Å². The van der Waals surface area contributed by atoms with Crippen LogP contribution in [-0.4, -0.2) is 44.9 Å². The van der Waals surface area contributed by atoms with Crippen LogP contribution < -0.4 is 15.4 Å². The predicted molar refractivity (Wildman–Crippen MR) is 100 cm³/mol. The van der Waals surface area contributed by atoms with Crippen molar-refractivity contribution < 1.29 is 8.78 Å². The van der Waals surface area contributed by atoms with Crippen molar-refractivity contribution in [1.29, 1.82) is 0 Å². The maximum atomic E-state index is 13.3. The average molecular weight is 409 g/mol. The molecule has 4 aliphatic rings. The van der Waals surface area contributed by atoms with Gasteiger partial charge in [0.05, 0.1) is 24.0 Å². The van der Waals surface area contributed by atoms with Crippen molar-refractivity contribution in [2.75, 3.05) is 22.9 Å². The zero-order valence-corrected chi connectivity index (χ0v) is 16.0. The molecule has 5 heterocycles. The Balaban J connectivity index is 1.41. The maximum Gasteiger partial charge on any atom is 0.287 e. The number of halogens is 3. The molecule has 0 aromatic carbocycles. The molecule has 2 atom stereocenters. The Morgan fingerprint density at radius 3 is 2.57 bits per heavy atom. The van der Waals surface area contributed by atoms with E-state index in [0.717, 1.165) is 19.3 Å². The fourth-order valence-electron chi connectivity index (χ4n) is 4.14. The minimum Gasteiger partial charge on any atom is -0.365 e. The van der Waals surface area contributed by atoms with Crippen molar-refractivity contribution in [3.05, 3.63) is 39.2 Å². The Labute approximate surface area is 164 Å². The molecule has 0 N–H and O–H groups in total. The molecular formula is C18H19ClF2N6O. The van der Waals surface area contributed by atoms with E-state index in [1.807, 2.05) is 4.90 Å². The second kappa shape index (κ2) is 6.37. The highest BCUT2D eigenvalue weighted by Gasteiger charge is 2.46. The maximum absolute atomic E-state index is 13.3. The minimum atomic E-state index is -2.61. The highest BCUT2D eigenvalue weighted by atomic mass is 35.5. The lowest BCUT2D eigenvalue weighted by Crippen LogP contribution is -2.69. The van der Waals surface area contributed by atoms with E-state index >= 15 is 0 Å². The zero-order chi connectivity index (χ0) is 19.6. The van der Waals surface area contributed by atoms with E-state index in [4.69, 9.17) is 11.6 Å². The Bertz CT molecular complexity index is 962. The Hall–Kier alpha value is -2.29. The third kappa shape index (κ3) is 2.83. The monoisotopic (exact) mass is 408 g/mol. The minimum absolute atomic E-state index is 0.131. The van der Waals surface area contributed by atoms with Gasteiger partial charge < -0.3 is 9.80 Å². The highest BCUT2D eigenvalue weighted by molar-refractivity contribution is 6.33.